The predicted octanol–water partition coefficient (Wildman–Crippen LogP) is 1.02. The molecule has 24 heavy (non-hydrogen) atoms. The largest absolute Gasteiger partial charge is 0.550 e. The molecule has 0 aliphatic carbocycles. The Morgan fingerprint density at radius 1 is 0.917 bits per heavy atom. The zero-order valence-corrected chi connectivity index (χ0v) is 14.0. The maximum Gasteiger partial charge on any atom is 0.103 e. The molecule has 0 radical (unpaired) electrons. The van der Waals surface area contributed by atoms with Gasteiger partial charge in [-0.1, -0.05) is 54.6 Å². The molecule has 126 valence electrons. The molecule has 3 rings (SSSR count). The molecular formula is C21H25NO2. The highest BCUT2D eigenvalue weighted by atomic mass is 16.4. The van der Waals surface area contributed by atoms with Gasteiger partial charge in [0.25, 0.3) is 0 Å². The lowest BCUT2D eigenvalue weighted by molar-refractivity contribution is -0.919. The molecule has 1 aliphatic heterocycles. The van der Waals surface area contributed by atoms with Gasteiger partial charge in [-0.15, -0.1) is 0 Å². The zero-order valence-electron chi connectivity index (χ0n) is 14.0. The number of carbonyl (C=O) groups excluding carboxylic acids is 1. The number of carboxylic acids is 1. The van der Waals surface area contributed by atoms with E-state index in [9.17, 15) is 9.90 Å². The van der Waals surface area contributed by atoms with E-state index in [1.165, 1.54) is 43.5 Å². The first-order valence-corrected chi connectivity index (χ1v) is 8.84. The second-order valence-corrected chi connectivity index (χ2v) is 6.93. The van der Waals surface area contributed by atoms with Gasteiger partial charge in [0.2, 0.25) is 0 Å². The van der Waals surface area contributed by atoms with E-state index in [-0.39, 0.29) is 6.42 Å². The summed E-state index contributed by atoms with van der Waals surface area (Å²) in [6, 6.07) is 18.7. The Morgan fingerprint density at radius 2 is 1.54 bits per heavy atom. The van der Waals surface area contributed by atoms with E-state index in [1.807, 2.05) is 12.1 Å². The molecule has 0 spiro atoms. The number of likely N-dealkylation sites (tertiary alicyclic amines) is 1. The first-order chi connectivity index (χ1) is 11.7. The van der Waals surface area contributed by atoms with Crippen LogP contribution in [-0.4, -0.2) is 19.1 Å². The number of nitrogens with one attached hydrogen (secondary N) is 1. The minimum atomic E-state index is -1.02. The smallest absolute Gasteiger partial charge is 0.103 e. The molecule has 1 heterocycles. The first kappa shape index (κ1) is 16.7. The SMILES string of the molecule is O=C([O-])Cc1ccc(C[NH+]2CCC(Cc3ccccc3)CC2)cc1. The molecule has 1 aliphatic rings. The highest BCUT2D eigenvalue weighted by Gasteiger charge is 2.22. The van der Waals surface area contributed by atoms with Gasteiger partial charge in [0.05, 0.1) is 13.1 Å². The van der Waals surface area contributed by atoms with Crippen LogP contribution in [0.15, 0.2) is 54.6 Å². The van der Waals surface area contributed by atoms with Gasteiger partial charge in [0.1, 0.15) is 6.54 Å². The lowest BCUT2D eigenvalue weighted by atomic mass is 9.90. The molecule has 0 unspecified atom stereocenters. The fraction of sp³-hybridized carbons (Fsp3) is 0.381. The van der Waals surface area contributed by atoms with Gasteiger partial charge in [-0.3, -0.25) is 0 Å². The van der Waals surface area contributed by atoms with Crippen molar-refractivity contribution in [1.82, 2.24) is 0 Å². The molecule has 0 saturated carbocycles. The van der Waals surface area contributed by atoms with E-state index >= 15 is 0 Å². The van der Waals surface area contributed by atoms with Crippen molar-refractivity contribution in [2.45, 2.75) is 32.2 Å². The quantitative estimate of drug-likeness (QED) is 0.862. The standard InChI is InChI=1S/C21H25NO2/c23-21(24)15-18-6-8-20(9-7-18)16-22-12-10-19(11-13-22)14-17-4-2-1-3-5-17/h1-9,19H,10-16H2,(H,23,24). The van der Waals surface area contributed by atoms with Gasteiger partial charge in [-0.25, -0.2) is 0 Å². The number of carboxylic acid groups (broad SMARTS) is 1. The van der Waals surface area contributed by atoms with Crippen LogP contribution in [0, 0.1) is 5.92 Å². The molecular weight excluding hydrogens is 298 g/mol. The van der Waals surface area contributed by atoms with Crippen LogP contribution in [0.4, 0.5) is 0 Å². The zero-order chi connectivity index (χ0) is 16.8. The summed E-state index contributed by atoms with van der Waals surface area (Å²) in [7, 11) is 0. The van der Waals surface area contributed by atoms with Crippen LogP contribution in [0.3, 0.4) is 0 Å². The van der Waals surface area contributed by atoms with Gasteiger partial charge in [-0.2, -0.15) is 0 Å². The summed E-state index contributed by atoms with van der Waals surface area (Å²) in [5, 5.41) is 10.6. The van der Waals surface area contributed by atoms with Gasteiger partial charge in [-0.05, 0) is 36.3 Å². The summed E-state index contributed by atoms with van der Waals surface area (Å²) in [4.78, 5) is 12.2. The van der Waals surface area contributed by atoms with Gasteiger partial charge in [0, 0.05) is 18.0 Å². The molecule has 0 aromatic heterocycles. The lowest BCUT2D eigenvalue weighted by Crippen LogP contribution is -3.11. The Morgan fingerprint density at radius 3 is 2.17 bits per heavy atom. The average Bonchev–Trinajstić information content (AvgIpc) is 2.59. The summed E-state index contributed by atoms with van der Waals surface area (Å²) in [6.45, 7) is 3.47. The van der Waals surface area contributed by atoms with Crippen molar-refractivity contribution in [1.29, 1.82) is 0 Å². The Balaban J connectivity index is 1.46. The fourth-order valence-electron chi connectivity index (χ4n) is 3.64. The first-order valence-electron chi connectivity index (χ1n) is 8.84. The molecule has 2 aromatic carbocycles. The van der Waals surface area contributed by atoms with E-state index in [2.05, 4.69) is 42.5 Å². The van der Waals surface area contributed by atoms with Gasteiger partial charge >= 0.3 is 0 Å². The molecule has 0 bridgehead atoms. The summed E-state index contributed by atoms with van der Waals surface area (Å²) in [5.41, 5.74) is 3.55. The third-order valence-electron chi connectivity index (χ3n) is 5.01. The second kappa shape index (κ2) is 8.11. The molecule has 1 fully saturated rings. The van der Waals surface area contributed by atoms with Crippen LogP contribution in [-0.2, 0) is 24.2 Å². The minimum Gasteiger partial charge on any atom is -0.550 e. The van der Waals surface area contributed by atoms with Gasteiger partial charge in [0.15, 0.2) is 0 Å². The summed E-state index contributed by atoms with van der Waals surface area (Å²) in [5.74, 6) is -0.213. The normalized spacial score (nSPS) is 20.7. The maximum absolute atomic E-state index is 10.6. The van der Waals surface area contributed by atoms with Crippen LogP contribution >= 0.6 is 0 Å². The Labute approximate surface area is 143 Å². The Kier molecular flexibility index (Phi) is 5.65. The second-order valence-electron chi connectivity index (χ2n) is 6.93. The van der Waals surface area contributed by atoms with Gasteiger partial charge < -0.3 is 14.8 Å². The van der Waals surface area contributed by atoms with Crippen molar-refractivity contribution >= 4 is 5.97 Å². The van der Waals surface area contributed by atoms with E-state index in [1.54, 1.807) is 4.90 Å². The third-order valence-corrected chi connectivity index (χ3v) is 5.01. The van der Waals surface area contributed by atoms with Crippen molar-refractivity contribution in [2.75, 3.05) is 13.1 Å². The molecule has 1 N–H and O–H groups in total. The maximum atomic E-state index is 10.6. The lowest BCUT2D eigenvalue weighted by Gasteiger charge is -2.29. The van der Waals surface area contributed by atoms with Crippen molar-refractivity contribution in [2.24, 2.45) is 5.92 Å². The van der Waals surface area contributed by atoms with Crippen LogP contribution < -0.4 is 10.0 Å². The molecule has 3 nitrogen and oxygen atoms in total. The van der Waals surface area contributed by atoms with Crippen LogP contribution in [0.1, 0.15) is 29.5 Å². The molecule has 1 saturated heterocycles. The molecule has 2 aromatic rings. The topological polar surface area (TPSA) is 44.6 Å². The van der Waals surface area contributed by atoms with E-state index in [0.717, 1.165) is 18.0 Å². The van der Waals surface area contributed by atoms with Crippen LogP contribution in [0.2, 0.25) is 0 Å². The van der Waals surface area contributed by atoms with Crippen molar-refractivity contribution in [3.8, 4) is 0 Å². The summed E-state index contributed by atoms with van der Waals surface area (Å²) >= 11 is 0. The monoisotopic (exact) mass is 323 g/mol. The number of piperidine rings is 1. The number of benzene rings is 2. The number of quaternary nitrogens is 1. The van der Waals surface area contributed by atoms with Crippen molar-refractivity contribution in [3.05, 3.63) is 71.3 Å². The fourth-order valence-corrected chi connectivity index (χ4v) is 3.64. The Hall–Kier alpha value is -2.13. The molecule has 0 atom stereocenters. The number of hydrogen-bond donors (Lipinski definition) is 1. The van der Waals surface area contributed by atoms with E-state index in [4.69, 9.17) is 0 Å². The number of hydrogen-bond acceptors (Lipinski definition) is 2. The summed E-state index contributed by atoms with van der Waals surface area (Å²) in [6.07, 6.45) is 3.77. The van der Waals surface area contributed by atoms with E-state index in [0.29, 0.717) is 0 Å². The average molecular weight is 323 g/mol. The molecule has 0 amide bonds. The van der Waals surface area contributed by atoms with E-state index < -0.39 is 5.97 Å². The van der Waals surface area contributed by atoms with Crippen LogP contribution in [0.5, 0.6) is 0 Å². The van der Waals surface area contributed by atoms with Crippen LogP contribution in [0.25, 0.3) is 0 Å². The third kappa shape index (κ3) is 4.93. The van der Waals surface area contributed by atoms with Crippen molar-refractivity contribution < 1.29 is 14.8 Å². The number of rotatable bonds is 6. The number of carbonyl (C=O) groups is 1. The minimum absolute atomic E-state index is 0.00197. The predicted molar refractivity (Wildman–Crippen MR) is 92.4 cm³/mol. The molecule has 3 heteroatoms. The van der Waals surface area contributed by atoms with Crippen molar-refractivity contribution in [3.63, 3.8) is 0 Å². The Bertz CT molecular complexity index is 643. The number of aliphatic carboxylic acids is 1. The summed E-state index contributed by atoms with van der Waals surface area (Å²) < 4.78 is 0. The highest BCUT2D eigenvalue weighted by Crippen LogP contribution is 2.16. The highest BCUT2D eigenvalue weighted by molar-refractivity contribution is 5.67.